The molecular formula is C17H17N3. The van der Waals surface area contributed by atoms with Gasteiger partial charge in [-0.15, -0.1) is 0 Å². The minimum absolute atomic E-state index is 0.225. The van der Waals surface area contributed by atoms with E-state index in [1.807, 2.05) is 42.5 Å². The van der Waals surface area contributed by atoms with Gasteiger partial charge in [-0.05, 0) is 18.1 Å². The lowest BCUT2D eigenvalue weighted by molar-refractivity contribution is 0.870. The first-order valence-corrected chi connectivity index (χ1v) is 6.75. The van der Waals surface area contributed by atoms with Gasteiger partial charge in [0.1, 0.15) is 5.82 Å². The van der Waals surface area contributed by atoms with Gasteiger partial charge < -0.3 is 5.32 Å². The van der Waals surface area contributed by atoms with Crippen molar-refractivity contribution in [2.24, 2.45) is 0 Å². The van der Waals surface area contributed by atoms with Crippen molar-refractivity contribution in [2.45, 2.75) is 13.0 Å². The molecule has 3 heteroatoms. The minimum atomic E-state index is 0.225. The van der Waals surface area contributed by atoms with Crippen LogP contribution in [0.4, 0.5) is 5.82 Å². The standard InChI is InChI=1S/C17H17N3/c1-13(14-8-4-2-5-9-14)18-17-12-16(19-20-17)15-10-6-3-7-11-15/h2-13H,1H3,(H2,18,19,20)/t13-/m1/s1. The molecule has 1 aromatic heterocycles. The molecule has 0 amide bonds. The largest absolute Gasteiger partial charge is 0.362 e. The Morgan fingerprint density at radius 2 is 1.60 bits per heavy atom. The third kappa shape index (κ3) is 2.72. The molecular weight excluding hydrogens is 246 g/mol. The lowest BCUT2D eigenvalue weighted by Crippen LogP contribution is -2.06. The van der Waals surface area contributed by atoms with Crippen LogP contribution in [0.1, 0.15) is 18.5 Å². The van der Waals surface area contributed by atoms with Crippen LogP contribution in [0.25, 0.3) is 11.3 Å². The number of anilines is 1. The van der Waals surface area contributed by atoms with Gasteiger partial charge in [-0.1, -0.05) is 60.7 Å². The highest BCUT2D eigenvalue weighted by Crippen LogP contribution is 2.22. The summed E-state index contributed by atoms with van der Waals surface area (Å²) >= 11 is 0. The Bertz CT molecular complexity index is 659. The molecule has 3 nitrogen and oxygen atoms in total. The van der Waals surface area contributed by atoms with E-state index in [9.17, 15) is 0 Å². The second-order valence-electron chi connectivity index (χ2n) is 4.81. The van der Waals surface area contributed by atoms with E-state index in [4.69, 9.17) is 0 Å². The molecule has 1 heterocycles. The van der Waals surface area contributed by atoms with E-state index in [1.54, 1.807) is 0 Å². The van der Waals surface area contributed by atoms with E-state index in [0.717, 1.165) is 17.1 Å². The summed E-state index contributed by atoms with van der Waals surface area (Å²) < 4.78 is 0. The van der Waals surface area contributed by atoms with Gasteiger partial charge in [0.15, 0.2) is 0 Å². The summed E-state index contributed by atoms with van der Waals surface area (Å²) in [5.74, 6) is 0.861. The Morgan fingerprint density at radius 1 is 0.950 bits per heavy atom. The summed E-state index contributed by atoms with van der Waals surface area (Å²) in [5, 5.41) is 10.8. The lowest BCUT2D eigenvalue weighted by Gasteiger charge is -2.12. The van der Waals surface area contributed by atoms with Crippen LogP contribution in [0.3, 0.4) is 0 Å². The predicted octanol–water partition coefficient (Wildman–Crippen LogP) is 4.25. The van der Waals surface area contributed by atoms with E-state index in [0.29, 0.717) is 0 Å². The number of nitrogens with one attached hydrogen (secondary N) is 2. The van der Waals surface area contributed by atoms with Gasteiger partial charge in [0.25, 0.3) is 0 Å². The SMILES string of the molecule is C[C@@H](Nc1cc(-c2ccccc2)[nH]n1)c1ccccc1. The van der Waals surface area contributed by atoms with Gasteiger partial charge in [-0.25, -0.2) is 0 Å². The fraction of sp³-hybridized carbons (Fsp3) is 0.118. The molecule has 1 atom stereocenters. The molecule has 3 rings (SSSR count). The number of nitrogens with zero attached hydrogens (tertiary/aromatic N) is 1. The number of aromatic amines is 1. The van der Waals surface area contributed by atoms with E-state index >= 15 is 0 Å². The molecule has 0 aliphatic heterocycles. The molecule has 0 radical (unpaired) electrons. The fourth-order valence-electron chi connectivity index (χ4n) is 2.21. The van der Waals surface area contributed by atoms with Crippen molar-refractivity contribution in [2.75, 3.05) is 5.32 Å². The van der Waals surface area contributed by atoms with Crippen molar-refractivity contribution < 1.29 is 0 Å². The van der Waals surface area contributed by atoms with Crippen LogP contribution < -0.4 is 5.32 Å². The number of benzene rings is 2. The summed E-state index contributed by atoms with van der Waals surface area (Å²) in [6, 6.07) is 22.8. The maximum atomic E-state index is 4.32. The Balaban J connectivity index is 1.75. The molecule has 0 aliphatic carbocycles. The third-order valence-electron chi connectivity index (χ3n) is 3.33. The van der Waals surface area contributed by atoms with Crippen LogP contribution >= 0.6 is 0 Å². The Morgan fingerprint density at radius 3 is 2.30 bits per heavy atom. The molecule has 0 saturated heterocycles. The molecule has 0 bridgehead atoms. The van der Waals surface area contributed by atoms with Gasteiger partial charge in [0.05, 0.1) is 5.69 Å². The van der Waals surface area contributed by atoms with E-state index in [2.05, 4.69) is 46.7 Å². The van der Waals surface area contributed by atoms with Gasteiger partial charge in [-0.2, -0.15) is 5.10 Å². The maximum absolute atomic E-state index is 4.32. The van der Waals surface area contributed by atoms with Gasteiger partial charge in [0.2, 0.25) is 0 Å². The zero-order valence-electron chi connectivity index (χ0n) is 11.4. The first kappa shape index (κ1) is 12.5. The molecule has 0 aliphatic rings. The zero-order valence-corrected chi connectivity index (χ0v) is 11.4. The van der Waals surface area contributed by atoms with Crippen LogP contribution in [0.2, 0.25) is 0 Å². The Hall–Kier alpha value is -2.55. The first-order valence-electron chi connectivity index (χ1n) is 6.75. The predicted molar refractivity (Wildman–Crippen MR) is 82.5 cm³/mol. The topological polar surface area (TPSA) is 40.7 Å². The smallest absolute Gasteiger partial charge is 0.148 e. The summed E-state index contributed by atoms with van der Waals surface area (Å²) in [6.45, 7) is 2.13. The van der Waals surface area contributed by atoms with Gasteiger partial charge in [-0.3, -0.25) is 5.10 Å². The molecule has 3 aromatic rings. The monoisotopic (exact) mass is 263 g/mol. The second kappa shape index (κ2) is 5.61. The number of H-pyrrole nitrogens is 1. The van der Waals surface area contributed by atoms with Crippen LogP contribution in [-0.2, 0) is 0 Å². The summed E-state index contributed by atoms with van der Waals surface area (Å²) in [7, 11) is 0. The van der Waals surface area contributed by atoms with Crippen molar-refractivity contribution in [3.8, 4) is 11.3 Å². The minimum Gasteiger partial charge on any atom is -0.362 e. The molecule has 2 aromatic carbocycles. The Kier molecular flexibility index (Phi) is 3.50. The molecule has 0 spiro atoms. The molecule has 0 fully saturated rings. The van der Waals surface area contributed by atoms with Gasteiger partial charge >= 0.3 is 0 Å². The van der Waals surface area contributed by atoms with Crippen molar-refractivity contribution >= 4 is 5.82 Å². The normalized spacial score (nSPS) is 12.1. The number of hydrogen-bond donors (Lipinski definition) is 2. The van der Waals surface area contributed by atoms with E-state index in [1.165, 1.54) is 5.56 Å². The van der Waals surface area contributed by atoms with Crippen molar-refractivity contribution in [1.29, 1.82) is 0 Å². The Labute approximate surface area is 118 Å². The first-order chi connectivity index (χ1) is 9.83. The molecule has 20 heavy (non-hydrogen) atoms. The van der Waals surface area contributed by atoms with Crippen LogP contribution in [-0.4, -0.2) is 10.2 Å². The maximum Gasteiger partial charge on any atom is 0.148 e. The average Bonchev–Trinajstić information content (AvgIpc) is 2.97. The second-order valence-corrected chi connectivity index (χ2v) is 4.81. The highest BCUT2D eigenvalue weighted by molar-refractivity contribution is 5.62. The van der Waals surface area contributed by atoms with E-state index in [-0.39, 0.29) is 6.04 Å². The summed E-state index contributed by atoms with van der Waals surface area (Å²) in [4.78, 5) is 0. The van der Waals surface area contributed by atoms with Crippen molar-refractivity contribution in [3.63, 3.8) is 0 Å². The zero-order chi connectivity index (χ0) is 13.8. The molecule has 2 N–H and O–H groups in total. The molecule has 0 unspecified atom stereocenters. The number of rotatable bonds is 4. The molecule has 0 saturated carbocycles. The summed E-state index contributed by atoms with van der Waals surface area (Å²) in [6.07, 6.45) is 0. The quantitative estimate of drug-likeness (QED) is 0.738. The van der Waals surface area contributed by atoms with Crippen LogP contribution in [0.15, 0.2) is 66.7 Å². The molecule has 100 valence electrons. The van der Waals surface area contributed by atoms with Gasteiger partial charge in [0, 0.05) is 12.1 Å². The van der Waals surface area contributed by atoms with E-state index < -0.39 is 0 Å². The lowest BCUT2D eigenvalue weighted by atomic mass is 10.1. The summed E-state index contributed by atoms with van der Waals surface area (Å²) in [5.41, 5.74) is 3.41. The average molecular weight is 263 g/mol. The number of hydrogen-bond acceptors (Lipinski definition) is 2. The highest BCUT2D eigenvalue weighted by Gasteiger charge is 2.08. The fourth-order valence-corrected chi connectivity index (χ4v) is 2.21. The van der Waals surface area contributed by atoms with Crippen LogP contribution in [0, 0.1) is 0 Å². The highest BCUT2D eigenvalue weighted by atomic mass is 15.2. The van der Waals surface area contributed by atoms with Crippen molar-refractivity contribution in [1.82, 2.24) is 10.2 Å². The van der Waals surface area contributed by atoms with Crippen LogP contribution in [0.5, 0.6) is 0 Å². The third-order valence-corrected chi connectivity index (χ3v) is 3.33. The van der Waals surface area contributed by atoms with Crippen molar-refractivity contribution in [3.05, 3.63) is 72.3 Å². The number of aromatic nitrogens is 2.